The molecule has 3 rings (SSSR count). The molecule has 1 amide bonds. The van der Waals surface area contributed by atoms with Crippen LogP contribution in [0, 0.1) is 0 Å². The SMILES string of the molecule is O=C(O)NC/C(=C\F)COc1ccc2nc(N3CC[C@H](O)C3)oc2c1. The van der Waals surface area contributed by atoms with E-state index in [2.05, 4.69) is 10.3 Å². The predicted octanol–water partition coefficient (Wildman–Crippen LogP) is 1.90. The smallest absolute Gasteiger partial charge is 0.404 e. The van der Waals surface area contributed by atoms with E-state index in [4.69, 9.17) is 14.3 Å². The molecule has 1 aliphatic rings. The number of aliphatic hydroxyl groups is 1. The molecule has 3 N–H and O–H groups in total. The summed E-state index contributed by atoms with van der Waals surface area (Å²) in [6, 6.07) is 5.48. The Bertz CT molecular complexity index is 791. The van der Waals surface area contributed by atoms with E-state index in [9.17, 15) is 14.3 Å². The number of fused-ring (bicyclic) bond motifs is 1. The zero-order valence-electron chi connectivity index (χ0n) is 13.3. The number of nitrogens with zero attached hydrogens (tertiary/aromatic N) is 2. The largest absolute Gasteiger partial charge is 0.489 e. The van der Waals surface area contributed by atoms with Crippen LogP contribution in [0.25, 0.3) is 11.1 Å². The normalized spacial score (nSPS) is 17.9. The first-order valence-electron chi connectivity index (χ1n) is 7.76. The number of rotatable bonds is 6. The van der Waals surface area contributed by atoms with Gasteiger partial charge in [-0.15, -0.1) is 0 Å². The molecule has 134 valence electrons. The molecular weight excluding hydrogens is 333 g/mol. The highest BCUT2D eigenvalue weighted by Gasteiger charge is 2.24. The molecule has 0 saturated carbocycles. The Morgan fingerprint density at radius 2 is 2.40 bits per heavy atom. The van der Waals surface area contributed by atoms with Crippen molar-refractivity contribution >= 4 is 23.2 Å². The maximum atomic E-state index is 12.7. The molecule has 1 aliphatic heterocycles. The summed E-state index contributed by atoms with van der Waals surface area (Å²) in [4.78, 5) is 16.7. The first kappa shape index (κ1) is 17.0. The van der Waals surface area contributed by atoms with Crippen molar-refractivity contribution in [2.24, 2.45) is 0 Å². The zero-order chi connectivity index (χ0) is 17.8. The maximum absolute atomic E-state index is 12.7. The van der Waals surface area contributed by atoms with Gasteiger partial charge in [0.05, 0.1) is 12.4 Å². The lowest BCUT2D eigenvalue weighted by Crippen LogP contribution is -2.25. The van der Waals surface area contributed by atoms with Crippen LogP contribution >= 0.6 is 0 Å². The van der Waals surface area contributed by atoms with Crippen molar-refractivity contribution in [2.45, 2.75) is 12.5 Å². The molecule has 8 nitrogen and oxygen atoms in total. The second kappa shape index (κ2) is 7.39. The molecule has 2 heterocycles. The fourth-order valence-corrected chi connectivity index (χ4v) is 2.52. The number of aromatic nitrogens is 1. The molecule has 1 aromatic carbocycles. The first-order chi connectivity index (χ1) is 12.0. The first-order valence-corrected chi connectivity index (χ1v) is 7.76. The molecule has 0 radical (unpaired) electrons. The minimum atomic E-state index is -1.23. The number of amides is 1. The summed E-state index contributed by atoms with van der Waals surface area (Å²) in [5.41, 5.74) is 1.33. The molecule has 0 aliphatic carbocycles. The zero-order valence-corrected chi connectivity index (χ0v) is 13.3. The number of ether oxygens (including phenoxy) is 1. The summed E-state index contributed by atoms with van der Waals surface area (Å²) in [7, 11) is 0. The molecule has 1 saturated heterocycles. The van der Waals surface area contributed by atoms with E-state index in [1.54, 1.807) is 18.2 Å². The van der Waals surface area contributed by atoms with Crippen LogP contribution in [0.1, 0.15) is 6.42 Å². The van der Waals surface area contributed by atoms with Gasteiger partial charge in [0.2, 0.25) is 0 Å². The molecule has 0 unspecified atom stereocenters. The number of benzene rings is 1. The topological polar surface area (TPSA) is 108 Å². The number of aliphatic hydroxyl groups excluding tert-OH is 1. The average molecular weight is 351 g/mol. The Morgan fingerprint density at radius 1 is 1.56 bits per heavy atom. The number of carboxylic acid groups (broad SMARTS) is 1. The molecule has 2 aromatic rings. The second-order valence-corrected chi connectivity index (χ2v) is 5.73. The lowest BCUT2D eigenvalue weighted by molar-refractivity contribution is 0.195. The van der Waals surface area contributed by atoms with Crippen molar-refractivity contribution in [3.8, 4) is 5.75 Å². The summed E-state index contributed by atoms with van der Waals surface area (Å²) in [6.45, 7) is 0.912. The number of oxazole rings is 1. The summed E-state index contributed by atoms with van der Waals surface area (Å²) in [6.07, 6.45) is -0.614. The number of hydrogen-bond acceptors (Lipinski definition) is 6. The predicted molar refractivity (Wildman–Crippen MR) is 87.6 cm³/mol. The number of halogens is 1. The van der Waals surface area contributed by atoms with E-state index in [0.29, 0.717) is 48.7 Å². The Hall–Kier alpha value is -2.81. The fourth-order valence-electron chi connectivity index (χ4n) is 2.52. The van der Waals surface area contributed by atoms with Crippen molar-refractivity contribution in [3.05, 3.63) is 30.1 Å². The number of hydrogen-bond donors (Lipinski definition) is 3. The Kier molecular flexibility index (Phi) is 5.03. The minimum absolute atomic E-state index is 0.0956. The highest BCUT2D eigenvalue weighted by molar-refractivity contribution is 5.76. The lowest BCUT2D eigenvalue weighted by Gasteiger charge is -2.10. The number of carbonyl (C=O) groups is 1. The van der Waals surface area contributed by atoms with Crippen LogP contribution in [0.5, 0.6) is 5.75 Å². The van der Waals surface area contributed by atoms with E-state index in [1.807, 2.05) is 4.90 Å². The molecule has 0 spiro atoms. The molecule has 1 fully saturated rings. The summed E-state index contributed by atoms with van der Waals surface area (Å²) >= 11 is 0. The van der Waals surface area contributed by atoms with Gasteiger partial charge in [0.1, 0.15) is 17.9 Å². The van der Waals surface area contributed by atoms with Gasteiger partial charge in [-0.05, 0) is 18.6 Å². The molecular formula is C16H18FN3O5. The highest BCUT2D eigenvalue weighted by atomic mass is 19.1. The number of anilines is 1. The van der Waals surface area contributed by atoms with E-state index in [0.717, 1.165) is 0 Å². The van der Waals surface area contributed by atoms with Crippen LogP contribution in [-0.4, -0.2) is 53.6 Å². The standard InChI is InChI=1S/C16H18FN3O5/c17-6-10(7-18-16(22)23)9-24-12-1-2-13-14(5-12)25-15(19-13)20-4-3-11(21)8-20/h1-2,5-6,11,18,21H,3-4,7-9H2,(H,22,23)/b10-6+/t11-/m0/s1. The van der Waals surface area contributed by atoms with Gasteiger partial charge in [-0.25, -0.2) is 9.18 Å². The van der Waals surface area contributed by atoms with Gasteiger partial charge < -0.3 is 29.6 Å². The number of nitrogens with one attached hydrogen (secondary N) is 1. The van der Waals surface area contributed by atoms with E-state index in [1.165, 1.54) is 0 Å². The quantitative estimate of drug-likeness (QED) is 0.729. The summed E-state index contributed by atoms with van der Waals surface area (Å²) in [5.74, 6) is 0.450. The van der Waals surface area contributed by atoms with Crippen molar-refractivity contribution < 1.29 is 28.6 Å². The van der Waals surface area contributed by atoms with Crippen molar-refractivity contribution in [1.29, 1.82) is 0 Å². The third-order valence-electron chi connectivity index (χ3n) is 3.83. The third-order valence-corrected chi connectivity index (χ3v) is 3.83. The van der Waals surface area contributed by atoms with Gasteiger partial charge in [0, 0.05) is 31.3 Å². The molecule has 1 aromatic heterocycles. The Morgan fingerprint density at radius 3 is 3.08 bits per heavy atom. The monoisotopic (exact) mass is 351 g/mol. The van der Waals surface area contributed by atoms with Crippen molar-refractivity contribution in [3.63, 3.8) is 0 Å². The molecule has 1 atom stereocenters. The van der Waals surface area contributed by atoms with Crippen molar-refractivity contribution in [2.75, 3.05) is 31.1 Å². The van der Waals surface area contributed by atoms with Crippen LogP contribution in [0.4, 0.5) is 15.2 Å². The molecule has 25 heavy (non-hydrogen) atoms. The van der Waals surface area contributed by atoms with E-state index >= 15 is 0 Å². The Labute approximate surface area is 142 Å². The maximum Gasteiger partial charge on any atom is 0.404 e. The van der Waals surface area contributed by atoms with Gasteiger partial charge in [-0.1, -0.05) is 0 Å². The van der Waals surface area contributed by atoms with Crippen LogP contribution < -0.4 is 15.0 Å². The van der Waals surface area contributed by atoms with E-state index < -0.39 is 6.09 Å². The third kappa shape index (κ3) is 4.18. The van der Waals surface area contributed by atoms with E-state index in [-0.39, 0.29) is 24.8 Å². The van der Waals surface area contributed by atoms with Crippen LogP contribution in [0.2, 0.25) is 0 Å². The van der Waals surface area contributed by atoms with Crippen LogP contribution in [-0.2, 0) is 0 Å². The Balaban J connectivity index is 1.65. The summed E-state index contributed by atoms with van der Waals surface area (Å²) in [5, 5.41) is 20.2. The second-order valence-electron chi connectivity index (χ2n) is 5.73. The summed E-state index contributed by atoms with van der Waals surface area (Å²) < 4.78 is 23.9. The number of β-amino-alcohol motifs (C(OH)–C–C–N with tert-alkyl or cyclic N) is 1. The molecule has 0 bridgehead atoms. The minimum Gasteiger partial charge on any atom is -0.489 e. The van der Waals surface area contributed by atoms with Gasteiger partial charge >= 0.3 is 6.09 Å². The van der Waals surface area contributed by atoms with Crippen LogP contribution in [0.3, 0.4) is 0 Å². The highest BCUT2D eigenvalue weighted by Crippen LogP contribution is 2.27. The van der Waals surface area contributed by atoms with Crippen molar-refractivity contribution in [1.82, 2.24) is 10.3 Å². The van der Waals surface area contributed by atoms with Gasteiger partial charge in [0.15, 0.2) is 5.58 Å². The van der Waals surface area contributed by atoms with Gasteiger partial charge in [0.25, 0.3) is 6.01 Å². The van der Waals surface area contributed by atoms with Gasteiger partial charge in [-0.2, -0.15) is 4.98 Å². The van der Waals surface area contributed by atoms with Crippen LogP contribution in [0.15, 0.2) is 34.5 Å². The lowest BCUT2D eigenvalue weighted by atomic mass is 10.3. The van der Waals surface area contributed by atoms with Gasteiger partial charge in [-0.3, -0.25) is 0 Å². The average Bonchev–Trinajstić information content (AvgIpc) is 3.20. The fraction of sp³-hybridized carbons (Fsp3) is 0.375. The molecule has 9 heteroatoms.